The minimum atomic E-state index is -0.426. The third-order valence-electron chi connectivity index (χ3n) is 2.22. The van der Waals surface area contributed by atoms with E-state index in [1.807, 2.05) is 0 Å². The summed E-state index contributed by atoms with van der Waals surface area (Å²) in [6, 6.07) is 4.58. The van der Waals surface area contributed by atoms with Gasteiger partial charge in [-0.05, 0) is 30.8 Å². The molecule has 2 N–H and O–H groups in total. The van der Waals surface area contributed by atoms with Crippen molar-refractivity contribution in [1.82, 2.24) is 5.32 Å². The van der Waals surface area contributed by atoms with Gasteiger partial charge in [0.05, 0.1) is 7.11 Å². The van der Waals surface area contributed by atoms with Crippen LogP contribution in [0.2, 0.25) is 0 Å². The van der Waals surface area contributed by atoms with Crippen molar-refractivity contribution in [2.24, 2.45) is 0 Å². The summed E-state index contributed by atoms with van der Waals surface area (Å²) < 4.78 is 23.2. The predicted molar refractivity (Wildman–Crippen MR) is 73.7 cm³/mol. The third-order valence-corrected chi connectivity index (χ3v) is 2.47. The minimum absolute atomic E-state index is 0.208. The molecule has 0 saturated heterocycles. The molecule has 0 aliphatic heterocycles. The summed E-state index contributed by atoms with van der Waals surface area (Å²) >= 11 is 5.07. The molecule has 4 nitrogen and oxygen atoms in total. The van der Waals surface area contributed by atoms with Gasteiger partial charge in [-0.2, -0.15) is 0 Å². The van der Waals surface area contributed by atoms with Crippen LogP contribution in [0, 0.1) is 5.82 Å². The highest BCUT2D eigenvalue weighted by atomic mass is 32.1. The fourth-order valence-corrected chi connectivity index (χ4v) is 1.56. The zero-order chi connectivity index (χ0) is 13.4. The summed E-state index contributed by atoms with van der Waals surface area (Å²) in [5.74, 6) is -0.218. The molecule has 0 aliphatic carbocycles. The van der Waals surface area contributed by atoms with Crippen molar-refractivity contribution in [3.63, 3.8) is 0 Å². The molecule has 0 unspecified atom stereocenters. The normalized spacial score (nSPS) is 9.94. The molecule has 0 saturated carbocycles. The number of anilines is 1. The van der Waals surface area contributed by atoms with E-state index >= 15 is 0 Å². The molecule has 100 valence electrons. The van der Waals surface area contributed by atoms with Crippen LogP contribution in [-0.2, 0) is 4.74 Å². The number of hydrogen-bond acceptors (Lipinski definition) is 3. The maximum absolute atomic E-state index is 13.4. The van der Waals surface area contributed by atoms with Crippen molar-refractivity contribution in [3.8, 4) is 5.75 Å². The van der Waals surface area contributed by atoms with Crippen LogP contribution >= 0.6 is 12.2 Å². The highest BCUT2D eigenvalue weighted by molar-refractivity contribution is 7.80. The van der Waals surface area contributed by atoms with E-state index in [1.54, 1.807) is 19.2 Å². The molecule has 0 amide bonds. The molecular weight excluding hydrogens is 255 g/mol. The molecule has 1 rings (SSSR count). The molecular formula is C12H17FN2O2S. The van der Waals surface area contributed by atoms with Gasteiger partial charge in [0.2, 0.25) is 0 Å². The SMILES string of the molecule is COCCCNC(=S)Nc1ccc(OC)c(F)c1. The van der Waals surface area contributed by atoms with Crippen molar-refractivity contribution < 1.29 is 13.9 Å². The lowest BCUT2D eigenvalue weighted by Gasteiger charge is -2.11. The van der Waals surface area contributed by atoms with Crippen LogP contribution in [0.4, 0.5) is 10.1 Å². The number of methoxy groups -OCH3 is 2. The Hall–Kier alpha value is -1.40. The van der Waals surface area contributed by atoms with Crippen LogP contribution in [0.1, 0.15) is 6.42 Å². The topological polar surface area (TPSA) is 42.5 Å². The zero-order valence-electron chi connectivity index (χ0n) is 10.5. The second-order valence-electron chi connectivity index (χ2n) is 3.58. The number of benzene rings is 1. The summed E-state index contributed by atoms with van der Waals surface area (Å²) in [5.41, 5.74) is 0.581. The van der Waals surface area contributed by atoms with E-state index in [2.05, 4.69) is 10.6 Å². The highest BCUT2D eigenvalue weighted by Crippen LogP contribution is 2.20. The molecule has 0 heterocycles. The zero-order valence-corrected chi connectivity index (χ0v) is 11.3. The molecule has 0 bridgehead atoms. The first-order valence-corrected chi connectivity index (χ1v) is 5.95. The van der Waals surface area contributed by atoms with Crippen LogP contribution in [0.25, 0.3) is 0 Å². The smallest absolute Gasteiger partial charge is 0.170 e. The van der Waals surface area contributed by atoms with E-state index < -0.39 is 5.82 Å². The molecule has 0 atom stereocenters. The van der Waals surface area contributed by atoms with Gasteiger partial charge in [0.1, 0.15) is 0 Å². The summed E-state index contributed by atoms with van der Waals surface area (Å²) in [6.07, 6.45) is 0.856. The second kappa shape index (κ2) is 7.84. The lowest BCUT2D eigenvalue weighted by atomic mass is 10.3. The minimum Gasteiger partial charge on any atom is -0.494 e. The molecule has 0 aromatic heterocycles. The molecule has 1 aromatic carbocycles. The Morgan fingerprint density at radius 1 is 1.39 bits per heavy atom. The maximum atomic E-state index is 13.4. The van der Waals surface area contributed by atoms with Crippen LogP contribution < -0.4 is 15.4 Å². The average molecular weight is 272 g/mol. The van der Waals surface area contributed by atoms with Crippen LogP contribution in [0.15, 0.2) is 18.2 Å². The van der Waals surface area contributed by atoms with E-state index in [4.69, 9.17) is 21.7 Å². The fraction of sp³-hybridized carbons (Fsp3) is 0.417. The van der Waals surface area contributed by atoms with Crippen LogP contribution in [0.3, 0.4) is 0 Å². The average Bonchev–Trinajstić information content (AvgIpc) is 2.35. The van der Waals surface area contributed by atoms with E-state index in [0.29, 0.717) is 24.0 Å². The largest absolute Gasteiger partial charge is 0.494 e. The summed E-state index contributed by atoms with van der Waals surface area (Å²) in [7, 11) is 3.07. The Kier molecular flexibility index (Phi) is 6.38. The van der Waals surface area contributed by atoms with E-state index in [0.717, 1.165) is 6.42 Å². The van der Waals surface area contributed by atoms with Gasteiger partial charge in [-0.3, -0.25) is 0 Å². The number of halogens is 1. The predicted octanol–water partition coefficient (Wildman–Crippen LogP) is 2.16. The van der Waals surface area contributed by atoms with Gasteiger partial charge in [0.15, 0.2) is 16.7 Å². The number of ether oxygens (including phenoxy) is 2. The molecule has 1 aromatic rings. The maximum Gasteiger partial charge on any atom is 0.170 e. The van der Waals surface area contributed by atoms with Crippen molar-refractivity contribution >= 4 is 23.0 Å². The number of thiocarbonyl (C=S) groups is 1. The number of nitrogens with one attached hydrogen (secondary N) is 2. The summed E-state index contributed by atoms with van der Waals surface area (Å²) in [5, 5.41) is 6.35. The second-order valence-corrected chi connectivity index (χ2v) is 3.98. The van der Waals surface area contributed by atoms with Crippen molar-refractivity contribution in [2.75, 3.05) is 32.7 Å². The summed E-state index contributed by atoms with van der Waals surface area (Å²) in [6.45, 7) is 1.38. The van der Waals surface area contributed by atoms with Crippen LogP contribution in [0.5, 0.6) is 5.75 Å². The van der Waals surface area contributed by atoms with Gasteiger partial charge in [-0.25, -0.2) is 4.39 Å². The van der Waals surface area contributed by atoms with Gasteiger partial charge < -0.3 is 20.1 Å². The molecule has 0 fully saturated rings. The monoisotopic (exact) mass is 272 g/mol. The fourth-order valence-electron chi connectivity index (χ4n) is 1.34. The lowest BCUT2D eigenvalue weighted by Crippen LogP contribution is -2.29. The van der Waals surface area contributed by atoms with Gasteiger partial charge in [0, 0.05) is 32.0 Å². The molecule has 0 spiro atoms. The quantitative estimate of drug-likeness (QED) is 0.613. The Morgan fingerprint density at radius 2 is 2.17 bits per heavy atom. The Balaban J connectivity index is 2.42. The molecule has 18 heavy (non-hydrogen) atoms. The van der Waals surface area contributed by atoms with E-state index in [9.17, 15) is 4.39 Å². The Bertz CT molecular complexity index is 402. The molecule has 0 aliphatic rings. The first kappa shape index (κ1) is 14.7. The molecule has 6 heteroatoms. The van der Waals surface area contributed by atoms with Crippen molar-refractivity contribution in [3.05, 3.63) is 24.0 Å². The highest BCUT2D eigenvalue weighted by Gasteiger charge is 2.04. The molecule has 0 radical (unpaired) electrons. The summed E-state index contributed by atoms with van der Waals surface area (Å²) in [4.78, 5) is 0. The van der Waals surface area contributed by atoms with Gasteiger partial charge in [-0.15, -0.1) is 0 Å². The van der Waals surface area contributed by atoms with Gasteiger partial charge >= 0.3 is 0 Å². The van der Waals surface area contributed by atoms with E-state index in [-0.39, 0.29) is 5.75 Å². The van der Waals surface area contributed by atoms with E-state index in [1.165, 1.54) is 13.2 Å². The van der Waals surface area contributed by atoms with Gasteiger partial charge in [0.25, 0.3) is 0 Å². The lowest BCUT2D eigenvalue weighted by molar-refractivity contribution is 0.196. The third kappa shape index (κ3) is 4.85. The Morgan fingerprint density at radius 3 is 2.78 bits per heavy atom. The van der Waals surface area contributed by atoms with Crippen molar-refractivity contribution in [1.29, 1.82) is 0 Å². The standard InChI is InChI=1S/C12H17FN2O2S/c1-16-7-3-6-14-12(18)15-9-4-5-11(17-2)10(13)8-9/h4-5,8H,3,6-7H2,1-2H3,(H2,14,15,18). The van der Waals surface area contributed by atoms with Crippen LogP contribution in [-0.4, -0.2) is 32.5 Å². The first-order valence-electron chi connectivity index (χ1n) is 5.54. The number of hydrogen-bond donors (Lipinski definition) is 2. The first-order chi connectivity index (χ1) is 8.67. The number of rotatable bonds is 6. The Labute approximate surface area is 111 Å². The van der Waals surface area contributed by atoms with Crippen molar-refractivity contribution in [2.45, 2.75) is 6.42 Å². The van der Waals surface area contributed by atoms with Gasteiger partial charge in [-0.1, -0.05) is 0 Å².